The summed E-state index contributed by atoms with van der Waals surface area (Å²) < 4.78 is 5.26. The number of nitrogens with zero attached hydrogens (tertiary/aromatic N) is 2. The first kappa shape index (κ1) is 25.2. The number of nitrogens with one attached hydrogen (secondary N) is 1. The first-order valence-corrected chi connectivity index (χ1v) is 12.4. The van der Waals surface area contributed by atoms with Crippen LogP contribution in [-0.2, 0) is 9.59 Å². The molecule has 2 heterocycles. The molecular formula is C29H24ClN3O5. The van der Waals surface area contributed by atoms with Crippen LogP contribution in [0.3, 0.4) is 0 Å². The number of carbonyl (C=O) groups is 2. The predicted octanol–water partition coefficient (Wildman–Crippen LogP) is 5.40. The molecule has 2 N–H and O–H groups in total. The fourth-order valence-corrected chi connectivity index (χ4v) is 4.87. The Hall–Kier alpha value is -4.43. The Morgan fingerprint density at radius 2 is 1.74 bits per heavy atom. The maximum absolute atomic E-state index is 13.5. The molecule has 9 heteroatoms. The maximum Gasteiger partial charge on any atom is 0.303 e. The summed E-state index contributed by atoms with van der Waals surface area (Å²) in [5.74, 6) is -0.847. The van der Waals surface area contributed by atoms with E-state index >= 15 is 0 Å². The van der Waals surface area contributed by atoms with E-state index < -0.39 is 17.9 Å². The summed E-state index contributed by atoms with van der Waals surface area (Å²) in [7, 11) is 1.57. The average molecular weight is 530 g/mol. The summed E-state index contributed by atoms with van der Waals surface area (Å²) in [5.41, 5.74) is 3.40. The zero-order valence-electron chi connectivity index (χ0n) is 20.5. The van der Waals surface area contributed by atoms with E-state index in [0.717, 1.165) is 16.5 Å². The minimum absolute atomic E-state index is 0.211. The number of aromatic amines is 1. The second-order valence-corrected chi connectivity index (χ2v) is 9.36. The Morgan fingerprint density at radius 1 is 1.03 bits per heavy atom. The number of para-hydroxylation sites is 1. The lowest BCUT2D eigenvalue weighted by Gasteiger charge is -2.22. The van der Waals surface area contributed by atoms with E-state index in [9.17, 15) is 14.4 Å². The molecule has 1 atom stereocenters. The van der Waals surface area contributed by atoms with Crippen molar-refractivity contribution in [3.8, 4) is 16.9 Å². The van der Waals surface area contributed by atoms with Crippen molar-refractivity contribution < 1.29 is 19.4 Å². The molecule has 1 aromatic heterocycles. The van der Waals surface area contributed by atoms with Crippen molar-refractivity contribution in [2.45, 2.75) is 25.3 Å². The van der Waals surface area contributed by atoms with Crippen molar-refractivity contribution in [3.63, 3.8) is 0 Å². The van der Waals surface area contributed by atoms with Gasteiger partial charge in [-0.05, 0) is 41.5 Å². The molecule has 4 aromatic rings. The lowest BCUT2D eigenvalue weighted by atomic mass is 9.91. The summed E-state index contributed by atoms with van der Waals surface area (Å²) in [6.45, 7) is 0. The molecule has 1 amide bonds. The number of carboxylic acids is 1. The van der Waals surface area contributed by atoms with Crippen molar-refractivity contribution >= 4 is 40.1 Å². The SMILES string of the molecule is COc1ccc([C@H]2CC(c3c(-c4ccc(Cl)cc4)c4ccccc4[nH]c3=O)=NN2C(=O)CCC(=O)O)cc1. The van der Waals surface area contributed by atoms with Gasteiger partial charge >= 0.3 is 5.97 Å². The van der Waals surface area contributed by atoms with Crippen LogP contribution in [0, 0.1) is 0 Å². The molecule has 192 valence electrons. The van der Waals surface area contributed by atoms with Gasteiger partial charge in [0, 0.05) is 34.3 Å². The number of hydrogen-bond donors (Lipinski definition) is 2. The molecular weight excluding hydrogens is 506 g/mol. The number of amides is 1. The Morgan fingerprint density at radius 3 is 2.42 bits per heavy atom. The van der Waals surface area contributed by atoms with E-state index in [-0.39, 0.29) is 24.8 Å². The van der Waals surface area contributed by atoms with Crippen LogP contribution < -0.4 is 10.3 Å². The number of H-pyrrole nitrogens is 1. The van der Waals surface area contributed by atoms with Crippen LogP contribution in [0.4, 0.5) is 0 Å². The fraction of sp³-hybridized carbons (Fsp3) is 0.172. The number of ether oxygens (including phenoxy) is 1. The summed E-state index contributed by atoms with van der Waals surface area (Å²) in [4.78, 5) is 40.8. The van der Waals surface area contributed by atoms with Gasteiger partial charge in [0.25, 0.3) is 5.56 Å². The number of aromatic nitrogens is 1. The number of rotatable bonds is 7. The molecule has 0 fully saturated rings. The topological polar surface area (TPSA) is 112 Å². The molecule has 0 unspecified atom stereocenters. The highest BCUT2D eigenvalue weighted by atomic mass is 35.5. The van der Waals surface area contributed by atoms with Crippen molar-refractivity contribution in [1.29, 1.82) is 0 Å². The number of carbonyl (C=O) groups excluding carboxylic acids is 1. The Kier molecular flexibility index (Phi) is 6.98. The number of halogens is 1. The van der Waals surface area contributed by atoms with E-state index in [4.69, 9.17) is 21.4 Å². The number of hydrogen-bond acceptors (Lipinski definition) is 5. The molecule has 5 rings (SSSR count). The smallest absolute Gasteiger partial charge is 0.303 e. The van der Waals surface area contributed by atoms with E-state index in [2.05, 4.69) is 10.1 Å². The molecule has 0 bridgehead atoms. The summed E-state index contributed by atoms with van der Waals surface area (Å²) in [5, 5.41) is 16.5. The Balaban J connectivity index is 1.67. The van der Waals surface area contributed by atoms with Gasteiger partial charge in [-0.1, -0.05) is 54.1 Å². The summed E-state index contributed by atoms with van der Waals surface area (Å²) in [6.07, 6.45) is -0.258. The predicted molar refractivity (Wildman–Crippen MR) is 146 cm³/mol. The van der Waals surface area contributed by atoms with E-state index in [0.29, 0.717) is 33.1 Å². The number of carboxylic acid groups (broad SMARTS) is 1. The molecule has 0 spiro atoms. The number of fused-ring (bicyclic) bond motifs is 1. The third-order valence-corrected chi connectivity index (χ3v) is 6.81. The molecule has 38 heavy (non-hydrogen) atoms. The van der Waals surface area contributed by atoms with Crippen molar-refractivity contribution in [2.24, 2.45) is 5.10 Å². The van der Waals surface area contributed by atoms with Gasteiger partial charge in [0.2, 0.25) is 5.91 Å². The summed E-state index contributed by atoms with van der Waals surface area (Å²) in [6, 6.07) is 21.4. The van der Waals surface area contributed by atoms with Crippen LogP contribution in [0.1, 0.15) is 36.4 Å². The van der Waals surface area contributed by atoms with Crippen molar-refractivity contribution in [3.05, 3.63) is 99.3 Å². The van der Waals surface area contributed by atoms with Crippen LogP contribution in [0.5, 0.6) is 5.75 Å². The largest absolute Gasteiger partial charge is 0.497 e. The average Bonchev–Trinajstić information content (AvgIpc) is 3.36. The fourth-order valence-electron chi connectivity index (χ4n) is 4.74. The van der Waals surface area contributed by atoms with E-state index in [1.165, 1.54) is 5.01 Å². The number of methoxy groups -OCH3 is 1. The molecule has 1 aliphatic rings. The van der Waals surface area contributed by atoms with Gasteiger partial charge in [-0.2, -0.15) is 5.10 Å². The number of aliphatic carboxylic acids is 1. The van der Waals surface area contributed by atoms with Crippen LogP contribution in [0.2, 0.25) is 5.02 Å². The first-order chi connectivity index (χ1) is 18.4. The number of pyridine rings is 1. The normalized spacial score (nSPS) is 14.9. The zero-order chi connectivity index (χ0) is 26.8. The minimum Gasteiger partial charge on any atom is -0.497 e. The van der Waals surface area contributed by atoms with Gasteiger partial charge in [-0.3, -0.25) is 14.4 Å². The second-order valence-electron chi connectivity index (χ2n) is 8.93. The lowest BCUT2D eigenvalue weighted by Crippen LogP contribution is -2.27. The van der Waals surface area contributed by atoms with E-state index in [1.54, 1.807) is 31.4 Å². The number of hydrazone groups is 1. The molecule has 0 saturated heterocycles. The van der Waals surface area contributed by atoms with E-state index in [1.807, 2.05) is 48.5 Å². The van der Waals surface area contributed by atoms with Crippen molar-refractivity contribution in [2.75, 3.05) is 7.11 Å². The Labute approximate surface area is 223 Å². The van der Waals surface area contributed by atoms with Crippen LogP contribution in [-0.4, -0.2) is 39.8 Å². The third kappa shape index (κ3) is 4.90. The molecule has 8 nitrogen and oxygen atoms in total. The lowest BCUT2D eigenvalue weighted by molar-refractivity contribution is -0.141. The van der Waals surface area contributed by atoms with Gasteiger partial charge in [-0.15, -0.1) is 0 Å². The highest BCUT2D eigenvalue weighted by Gasteiger charge is 2.35. The van der Waals surface area contributed by atoms with Gasteiger partial charge in [-0.25, -0.2) is 5.01 Å². The monoisotopic (exact) mass is 529 g/mol. The van der Waals surface area contributed by atoms with Crippen LogP contribution >= 0.6 is 11.6 Å². The highest BCUT2D eigenvalue weighted by molar-refractivity contribution is 6.30. The molecule has 0 aliphatic carbocycles. The summed E-state index contributed by atoms with van der Waals surface area (Å²) >= 11 is 6.14. The first-order valence-electron chi connectivity index (χ1n) is 12.0. The quantitative estimate of drug-likeness (QED) is 0.333. The molecule has 0 radical (unpaired) electrons. The van der Waals surface area contributed by atoms with Crippen LogP contribution in [0.15, 0.2) is 82.7 Å². The van der Waals surface area contributed by atoms with Gasteiger partial charge < -0.3 is 14.8 Å². The van der Waals surface area contributed by atoms with Gasteiger partial charge in [0.15, 0.2) is 0 Å². The highest BCUT2D eigenvalue weighted by Crippen LogP contribution is 2.37. The maximum atomic E-state index is 13.5. The molecule has 3 aromatic carbocycles. The third-order valence-electron chi connectivity index (χ3n) is 6.56. The van der Waals surface area contributed by atoms with Gasteiger partial charge in [0.1, 0.15) is 5.75 Å². The molecule has 0 saturated carbocycles. The zero-order valence-corrected chi connectivity index (χ0v) is 21.2. The van der Waals surface area contributed by atoms with Crippen molar-refractivity contribution in [1.82, 2.24) is 9.99 Å². The standard InChI is InChI=1S/C29H24ClN3O5/c1-38-20-12-8-17(9-13-20)24-16-23(32-33(24)25(34)14-15-26(35)36)28-27(18-6-10-19(30)11-7-18)21-4-2-3-5-22(21)31-29(28)37/h2-13,24H,14-16H2,1H3,(H,31,37)(H,35,36)/t24-/m1/s1. The molecule has 1 aliphatic heterocycles. The van der Waals surface area contributed by atoms with Crippen LogP contribution in [0.25, 0.3) is 22.0 Å². The number of benzene rings is 3. The Bertz CT molecular complexity index is 1610. The van der Waals surface area contributed by atoms with Gasteiger partial charge in [0.05, 0.1) is 30.8 Å². The minimum atomic E-state index is -1.07. The second kappa shape index (κ2) is 10.5.